The lowest BCUT2D eigenvalue weighted by Crippen LogP contribution is -2.47. The third-order valence-corrected chi connectivity index (χ3v) is 7.64. The zero-order chi connectivity index (χ0) is 20.3. The van der Waals surface area contributed by atoms with Crippen LogP contribution in [-0.4, -0.2) is 50.2 Å². The average Bonchev–Trinajstić information content (AvgIpc) is 3.45. The van der Waals surface area contributed by atoms with E-state index in [0.717, 1.165) is 62.4 Å². The minimum atomic E-state index is 0.337. The molecule has 0 bridgehead atoms. The molecule has 0 N–H and O–H groups in total. The molecule has 1 aromatic carbocycles. The molecule has 3 fully saturated rings. The lowest BCUT2D eigenvalue weighted by atomic mass is 9.78. The van der Waals surface area contributed by atoms with Gasteiger partial charge in [0.15, 0.2) is 11.5 Å². The van der Waals surface area contributed by atoms with Crippen LogP contribution in [-0.2, 0) is 4.79 Å². The molecular weight excluding hydrogens is 376 g/mol. The summed E-state index contributed by atoms with van der Waals surface area (Å²) in [5.41, 5.74) is 1.18. The zero-order valence-electron chi connectivity index (χ0n) is 18.2. The van der Waals surface area contributed by atoms with Gasteiger partial charge in [0.05, 0.1) is 5.69 Å². The number of hydrogen-bond acceptors (Lipinski definition) is 5. The maximum Gasteiger partial charge on any atom is 0.231 e. The van der Waals surface area contributed by atoms with Crippen LogP contribution >= 0.6 is 0 Å². The minimum Gasteiger partial charge on any atom is -0.454 e. The van der Waals surface area contributed by atoms with Crippen molar-refractivity contribution in [2.45, 2.75) is 57.8 Å². The Morgan fingerprint density at radius 1 is 0.867 bits per heavy atom. The van der Waals surface area contributed by atoms with Crippen molar-refractivity contribution in [3.8, 4) is 11.5 Å². The smallest absolute Gasteiger partial charge is 0.231 e. The lowest BCUT2D eigenvalue weighted by molar-refractivity contribution is -0.120. The second-order valence-corrected chi connectivity index (χ2v) is 9.91. The summed E-state index contributed by atoms with van der Waals surface area (Å²) in [6.07, 6.45) is 10.8. The molecule has 1 saturated heterocycles. The quantitative estimate of drug-likeness (QED) is 0.629. The van der Waals surface area contributed by atoms with Gasteiger partial charge in [-0.25, -0.2) is 0 Å². The predicted molar refractivity (Wildman–Crippen MR) is 118 cm³/mol. The van der Waals surface area contributed by atoms with Crippen molar-refractivity contribution in [2.24, 2.45) is 17.8 Å². The van der Waals surface area contributed by atoms with Crippen molar-refractivity contribution >= 4 is 11.5 Å². The zero-order valence-corrected chi connectivity index (χ0v) is 18.2. The van der Waals surface area contributed by atoms with E-state index in [1.165, 1.54) is 57.2 Å². The number of nitrogens with zero attached hydrogens (tertiary/aromatic N) is 2. The summed E-state index contributed by atoms with van der Waals surface area (Å²) in [6.45, 7) is 5.90. The largest absolute Gasteiger partial charge is 0.454 e. The molecule has 0 unspecified atom stereocenters. The number of carbonyl (C=O) groups excluding carboxylic acids is 1. The molecule has 1 aromatic rings. The van der Waals surface area contributed by atoms with Crippen molar-refractivity contribution < 1.29 is 14.3 Å². The summed E-state index contributed by atoms with van der Waals surface area (Å²) in [5, 5.41) is 0. The fourth-order valence-corrected chi connectivity index (χ4v) is 5.51. The van der Waals surface area contributed by atoms with E-state index >= 15 is 0 Å². The molecule has 4 aliphatic rings. The Bertz CT molecular complexity index is 732. The van der Waals surface area contributed by atoms with Crippen LogP contribution in [0.25, 0.3) is 0 Å². The van der Waals surface area contributed by atoms with Gasteiger partial charge >= 0.3 is 0 Å². The van der Waals surface area contributed by atoms with Crippen LogP contribution < -0.4 is 14.4 Å². The molecule has 2 aliphatic heterocycles. The number of piperazine rings is 1. The Hall–Kier alpha value is -1.75. The van der Waals surface area contributed by atoms with Crippen molar-refractivity contribution in [1.29, 1.82) is 0 Å². The van der Waals surface area contributed by atoms with Crippen LogP contribution in [0.5, 0.6) is 11.5 Å². The molecule has 2 aliphatic carbocycles. The van der Waals surface area contributed by atoms with Crippen LogP contribution in [0, 0.1) is 17.8 Å². The number of rotatable bonds is 8. The topological polar surface area (TPSA) is 42.0 Å². The molecule has 5 nitrogen and oxygen atoms in total. The Balaban J connectivity index is 1.01. The van der Waals surface area contributed by atoms with Crippen LogP contribution in [0.4, 0.5) is 5.69 Å². The number of fused-ring (bicyclic) bond motifs is 1. The number of anilines is 1. The van der Waals surface area contributed by atoms with E-state index in [4.69, 9.17) is 9.47 Å². The summed E-state index contributed by atoms with van der Waals surface area (Å²) >= 11 is 0. The summed E-state index contributed by atoms with van der Waals surface area (Å²) in [6, 6.07) is 6.20. The normalized spacial score (nSPS) is 26.7. The first-order valence-electron chi connectivity index (χ1n) is 12.1. The van der Waals surface area contributed by atoms with E-state index in [0.29, 0.717) is 18.5 Å². The fraction of sp³-hybridized carbons (Fsp3) is 0.720. The van der Waals surface area contributed by atoms with Gasteiger partial charge in [0.2, 0.25) is 6.79 Å². The van der Waals surface area contributed by atoms with Crippen LogP contribution in [0.2, 0.25) is 0 Å². The highest BCUT2D eigenvalue weighted by Gasteiger charge is 2.28. The van der Waals surface area contributed by atoms with Gasteiger partial charge in [0, 0.05) is 39.0 Å². The van der Waals surface area contributed by atoms with Crippen molar-refractivity contribution in [3.05, 3.63) is 18.2 Å². The molecule has 5 rings (SSSR count). The molecule has 0 spiro atoms. The molecule has 30 heavy (non-hydrogen) atoms. The third kappa shape index (κ3) is 4.93. The molecule has 0 amide bonds. The Kier molecular flexibility index (Phi) is 6.17. The summed E-state index contributed by atoms with van der Waals surface area (Å²) in [4.78, 5) is 17.2. The van der Waals surface area contributed by atoms with Gasteiger partial charge in [0.25, 0.3) is 0 Å². The van der Waals surface area contributed by atoms with E-state index in [2.05, 4.69) is 21.9 Å². The highest BCUT2D eigenvalue weighted by molar-refractivity contribution is 5.79. The number of ether oxygens (including phenoxy) is 2. The molecule has 5 heteroatoms. The summed E-state index contributed by atoms with van der Waals surface area (Å²) in [5.74, 6) is 4.62. The number of hydrogen-bond donors (Lipinski definition) is 0. The standard InChI is InChI=1S/C25H36N2O3/c28-22(17-21-8-9-21)16-20-6-4-19(5-7-20)10-11-26-12-14-27(15-13-26)23-2-1-3-24-25(23)30-18-29-24/h1-3,19-21H,4-18H2. The van der Waals surface area contributed by atoms with E-state index < -0.39 is 0 Å². The third-order valence-electron chi connectivity index (χ3n) is 7.64. The summed E-state index contributed by atoms with van der Waals surface area (Å²) in [7, 11) is 0. The second kappa shape index (κ2) is 9.17. The van der Waals surface area contributed by atoms with Crippen molar-refractivity contribution in [3.63, 3.8) is 0 Å². The highest BCUT2D eigenvalue weighted by Crippen LogP contribution is 2.41. The van der Waals surface area contributed by atoms with Crippen LogP contribution in [0.1, 0.15) is 57.8 Å². The van der Waals surface area contributed by atoms with Gasteiger partial charge in [-0.3, -0.25) is 9.69 Å². The first-order valence-corrected chi connectivity index (χ1v) is 12.1. The second-order valence-electron chi connectivity index (χ2n) is 9.91. The molecule has 0 aromatic heterocycles. The number of Topliss-reactive ketones (excluding diaryl/α,β-unsaturated/α-hetero) is 1. The number of carbonyl (C=O) groups is 1. The van der Waals surface area contributed by atoms with E-state index in [1.807, 2.05) is 6.07 Å². The van der Waals surface area contributed by atoms with Crippen molar-refractivity contribution in [2.75, 3.05) is 44.4 Å². The molecule has 2 saturated carbocycles. The number of ketones is 1. The number of benzene rings is 1. The fourth-order valence-electron chi connectivity index (χ4n) is 5.51. The van der Waals surface area contributed by atoms with Crippen LogP contribution in [0.3, 0.4) is 0 Å². The van der Waals surface area contributed by atoms with E-state index in [-0.39, 0.29) is 0 Å². The van der Waals surface area contributed by atoms with Gasteiger partial charge in [-0.2, -0.15) is 0 Å². The van der Waals surface area contributed by atoms with Gasteiger partial charge < -0.3 is 14.4 Å². The van der Waals surface area contributed by atoms with E-state index in [9.17, 15) is 4.79 Å². The molecule has 0 atom stereocenters. The first-order chi connectivity index (χ1) is 14.7. The lowest BCUT2D eigenvalue weighted by Gasteiger charge is -2.37. The van der Waals surface area contributed by atoms with Gasteiger partial charge in [-0.15, -0.1) is 0 Å². The monoisotopic (exact) mass is 412 g/mol. The maximum absolute atomic E-state index is 12.1. The van der Waals surface area contributed by atoms with Gasteiger partial charge in [0.1, 0.15) is 5.78 Å². The number of para-hydroxylation sites is 1. The minimum absolute atomic E-state index is 0.337. The predicted octanol–water partition coefficient (Wildman–Crippen LogP) is 4.49. The Morgan fingerprint density at radius 2 is 1.53 bits per heavy atom. The Labute approximate surface area is 180 Å². The van der Waals surface area contributed by atoms with Gasteiger partial charge in [-0.1, -0.05) is 18.9 Å². The van der Waals surface area contributed by atoms with Gasteiger partial charge in [-0.05, 0) is 68.5 Å². The first kappa shape index (κ1) is 20.2. The molecule has 2 heterocycles. The molecule has 0 radical (unpaired) electrons. The maximum atomic E-state index is 12.1. The highest BCUT2D eigenvalue weighted by atomic mass is 16.7. The van der Waals surface area contributed by atoms with Crippen molar-refractivity contribution in [1.82, 2.24) is 4.90 Å². The SMILES string of the molecule is O=C(CC1CCC(CCN2CCN(c3cccc4c3OCO4)CC2)CC1)CC1CC1. The molecule has 164 valence electrons. The van der Waals surface area contributed by atoms with E-state index in [1.54, 1.807) is 0 Å². The summed E-state index contributed by atoms with van der Waals surface area (Å²) < 4.78 is 11.2. The Morgan fingerprint density at radius 3 is 2.23 bits per heavy atom. The average molecular weight is 413 g/mol. The molecular formula is C25H36N2O3. The van der Waals surface area contributed by atoms with Crippen LogP contribution in [0.15, 0.2) is 18.2 Å².